The van der Waals surface area contributed by atoms with Crippen molar-refractivity contribution in [2.45, 2.75) is 6.42 Å². The maximum Gasteiger partial charge on any atom is 0.244 e. The number of hydrazone groups is 1. The fraction of sp³-hybridized carbons (Fsp3) is 0.125. The first kappa shape index (κ1) is 15.9. The minimum Gasteiger partial charge on any atom is -0.507 e. The van der Waals surface area contributed by atoms with E-state index in [-0.39, 0.29) is 18.1 Å². The summed E-state index contributed by atoms with van der Waals surface area (Å²) in [7, 11) is 1.51. The lowest BCUT2D eigenvalue weighted by molar-refractivity contribution is -0.120. The van der Waals surface area contributed by atoms with E-state index in [2.05, 4.69) is 10.5 Å². The van der Waals surface area contributed by atoms with Crippen molar-refractivity contribution in [2.24, 2.45) is 5.10 Å². The number of carbonyl (C=O) groups is 1. The maximum atomic E-state index is 11.7. The Morgan fingerprint density at radius 1 is 1.32 bits per heavy atom. The topological polar surface area (TPSA) is 70.9 Å². The van der Waals surface area contributed by atoms with Crippen LogP contribution < -0.4 is 10.2 Å². The molecule has 0 atom stereocenters. The molecule has 0 aliphatic heterocycles. The largest absolute Gasteiger partial charge is 0.507 e. The Labute approximate surface area is 133 Å². The van der Waals surface area contributed by atoms with E-state index in [4.69, 9.17) is 16.3 Å². The molecule has 22 heavy (non-hydrogen) atoms. The van der Waals surface area contributed by atoms with Gasteiger partial charge in [0.1, 0.15) is 11.5 Å². The van der Waals surface area contributed by atoms with Crippen LogP contribution in [0.3, 0.4) is 0 Å². The van der Waals surface area contributed by atoms with E-state index in [1.807, 2.05) is 0 Å². The summed E-state index contributed by atoms with van der Waals surface area (Å²) in [6.07, 6.45) is 1.57. The zero-order valence-corrected chi connectivity index (χ0v) is 12.7. The van der Waals surface area contributed by atoms with Crippen molar-refractivity contribution in [2.75, 3.05) is 7.11 Å². The normalized spacial score (nSPS) is 10.6. The zero-order chi connectivity index (χ0) is 15.9. The summed E-state index contributed by atoms with van der Waals surface area (Å²) in [4.78, 5) is 11.7. The van der Waals surface area contributed by atoms with Crippen LogP contribution in [0.4, 0.5) is 0 Å². The third-order valence-electron chi connectivity index (χ3n) is 2.91. The average Bonchev–Trinajstić information content (AvgIpc) is 2.51. The average molecular weight is 319 g/mol. The molecule has 2 aromatic rings. The van der Waals surface area contributed by atoms with Crippen LogP contribution in [0.5, 0.6) is 11.5 Å². The highest BCUT2D eigenvalue weighted by Gasteiger charge is 2.03. The van der Waals surface area contributed by atoms with Gasteiger partial charge >= 0.3 is 0 Å². The number of benzene rings is 2. The molecule has 0 spiro atoms. The Bertz CT molecular complexity index is 684. The Balaban J connectivity index is 1.91. The van der Waals surface area contributed by atoms with Gasteiger partial charge in [-0.2, -0.15) is 5.10 Å². The van der Waals surface area contributed by atoms with E-state index in [9.17, 15) is 9.90 Å². The van der Waals surface area contributed by atoms with Crippen molar-refractivity contribution in [3.63, 3.8) is 0 Å². The van der Waals surface area contributed by atoms with Crippen molar-refractivity contribution in [1.29, 1.82) is 0 Å². The van der Waals surface area contributed by atoms with E-state index in [1.165, 1.54) is 19.4 Å². The quantitative estimate of drug-likeness (QED) is 0.658. The zero-order valence-electron chi connectivity index (χ0n) is 11.9. The number of ether oxygens (including phenoxy) is 1. The molecule has 0 saturated carbocycles. The van der Waals surface area contributed by atoms with Gasteiger partial charge in [-0.15, -0.1) is 0 Å². The van der Waals surface area contributed by atoms with Crippen molar-refractivity contribution in [1.82, 2.24) is 5.43 Å². The number of hydrogen-bond donors (Lipinski definition) is 2. The second kappa shape index (κ2) is 7.47. The highest BCUT2D eigenvalue weighted by molar-refractivity contribution is 6.30. The summed E-state index contributed by atoms with van der Waals surface area (Å²) in [6.45, 7) is 0. The number of rotatable bonds is 5. The van der Waals surface area contributed by atoms with Gasteiger partial charge < -0.3 is 9.84 Å². The molecular formula is C16H15ClN2O3. The summed E-state index contributed by atoms with van der Waals surface area (Å²) in [5, 5.41) is 14.2. The van der Waals surface area contributed by atoms with Crippen LogP contribution >= 0.6 is 11.6 Å². The molecule has 6 heteroatoms. The fourth-order valence-corrected chi connectivity index (χ4v) is 1.89. The Morgan fingerprint density at radius 3 is 2.68 bits per heavy atom. The monoisotopic (exact) mass is 318 g/mol. The second-order valence-corrected chi connectivity index (χ2v) is 4.96. The maximum absolute atomic E-state index is 11.7. The first-order valence-electron chi connectivity index (χ1n) is 6.52. The minimum absolute atomic E-state index is 0.0232. The molecule has 5 nitrogen and oxygen atoms in total. The molecule has 0 heterocycles. The van der Waals surface area contributed by atoms with Crippen molar-refractivity contribution >= 4 is 23.7 Å². The van der Waals surface area contributed by atoms with E-state index < -0.39 is 0 Å². The van der Waals surface area contributed by atoms with Crippen LogP contribution in [0.15, 0.2) is 47.6 Å². The molecule has 0 aliphatic carbocycles. The van der Waals surface area contributed by atoms with Gasteiger partial charge in [-0.3, -0.25) is 4.79 Å². The summed E-state index contributed by atoms with van der Waals surface area (Å²) < 4.78 is 4.98. The van der Waals surface area contributed by atoms with Gasteiger partial charge in [-0.25, -0.2) is 5.43 Å². The summed E-state index contributed by atoms with van der Waals surface area (Å²) in [5.41, 5.74) is 3.72. The lowest BCUT2D eigenvalue weighted by Gasteiger charge is -2.03. The van der Waals surface area contributed by atoms with Gasteiger partial charge in [0.15, 0.2) is 0 Å². The van der Waals surface area contributed by atoms with E-state index in [0.29, 0.717) is 16.3 Å². The van der Waals surface area contributed by atoms with Crippen LogP contribution in [0.2, 0.25) is 5.02 Å². The number of hydrogen-bond acceptors (Lipinski definition) is 4. The van der Waals surface area contributed by atoms with Crippen LogP contribution in [-0.4, -0.2) is 24.3 Å². The molecule has 0 bridgehead atoms. The van der Waals surface area contributed by atoms with Gasteiger partial charge in [0, 0.05) is 16.7 Å². The standard InChI is InChI=1S/C16H15ClN2O3/c1-22-14-7-4-12(15(20)9-14)10-18-19-16(21)8-11-2-5-13(17)6-3-11/h2-7,9-10,20H,8H2,1H3,(H,19,21)/b18-10-. The van der Waals surface area contributed by atoms with Crippen molar-refractivity contribution in [3.8, 4) is 11.5 Å². The van der Waals surface area contributed by atoms with E-state index in [0.717, 1.165) is 5.56 Å². The number of phenols is 1. The molecule has 0 aliphatic rings. The van der Waals surface area contributed by atoms with Crippen LogP contribution in [-0.2, 0) is 11.2 Å². The van der Waals surface area contributed by atoms with Gasteiger partial charge in [-0.05, 0) is 29.8 Å². The van der Waals surface area contributed by atoms with E-state index >= 15 is 0 Å². The third-order valence-corrected chi connectivity index (χ3v) is 3.16. The second-order valence-electron chi connectivity index (χ2n) is 4.52. The number of aromatic hydroxyl groups is 1. The highest BCUT2D eigenvalue weighted by Crippen LogP contribution is 2.21. The molecule has 1 amide bonds. The molecule has 0 aromatic heterocycles. The predicted octanol–water partition coefficient (Wildman–Crippen LogP) is 2.75. The number of amides is 1. The van der Waals surface area contributed by atoms with Gasteiger partial charge in [0.25, 0.3) is 0 Å². The van der Waals surface area contributed by atoms with Gasteiger partial charge in [0.05, 0.1) is 19.7 Å². The molecule has 0 saturated heterocycles. The first-order valence-corrected chi connectivity index (χ1v) is 6.89. The number of carbonyl (C=O) groups excluding carboxylic acids is 1. The predicted molar refractivity (Wildman–Crippen MR) is 85.6 cm³/mol. The Hall–Kier alpha value is -2.53. The smallest absolute Gasteiger partial charge is 0.244 e. The molecule has 114 valence electrons. The van der Waals surface area contributed by atoms with Crippen LogP contribution in [0.25, 0.3) is 0 Å². The molecule has 0 unspecified atom stereocenters. The number of nitrogens with one attached hydrogen (secondary N) is 1. The van der Waals surface area contributed by atoms with Crippen molar-refractivity contribution in [3.05, 3.63) is 58.6 Å². The minimum atomic E-state index is -0.258. The lowest BCUT2D eigenvalue weighted by atomic mass is 10.1. The van der Waals surface area contributed by atoms with Gasteiger partial charge in [0.2, 0.25) is 5.91 Å². The molecule has 2 rings (SSSR count). The molecule has 0 radical (unpaired) electrons. The lowest BCUT2D eigenvalue weighted by Crippen LogP contribution is -2.19. The third kappa shape index (κ3) is 4.49. The molecule has 0 fully saturated rings. The molecular weight excluding hydrogens is 304 g/mol. The highest BCUT2D eigenvalue weighted by atomic mass is 35.5. The number of phenolic OH excluding ortho intramolecular Hbond substituents is 1. The molecule has 2 N–H and O–H groups in total. The van der Waals surface area contributed by atoms with Gasteiger partial charge in [-0.1, -0.05) is 23.7 Å². The fourth-order valence-electron chi connectivity index (χ4n) is 1.76. The number of nitrogens with zero attached hydrogens (tertiary/aromatic N) is 1. The van der Waals surface area contributed by atoms with Crippen LogP contribution in [0.1, 0.15) is 11.1 Å². The Kier molecular flexibility index (Phi) is 5.38. The van der Waals surface area contributed by atoms with Crippen LogP contribution in [0, 0.1) is 0 Å². The van der Waals surface area contributed by atoms with Crippen molar-refractivity contribution < 1.29 is 14.6 Å². The molecule has 2 aromatic carbocycles. The SMILES string of the molecule is COc1ccc(/C=N\NC(=O)Cc2ccc(Cl)cc2)c(O)c1. The number of methoxy groups -OCH3 is 1. The number of halogens is 1. The summed E-state index contributed by atoms with van der Waals surface area (Å²) >= 11 is 5.78. The Morgan fingerprint density at radius 2 is 2.05 bits per heavy atom. The summed E-state index contributed by atoms with van der Waals surface area (Å²) in [6, 6.07) is 11.8. The summed E-state index contributed by atoms with van der Waals surface area (Å²) in [5.74, 6) is 0.308. The first-order chi connectivity index (χ1) is 10.6. The van der Waals surface area contributed by atoms with E-state index in [1.54, 1.807) is 36.4 Å².